The van der Waals surface area contributed by atoms with Crippen LogP contribution in [0.25, 0.3) is 0 Å². The van der Waals surface area contributed by atoms with E-state index in [0.29, 0.717) is 13.1 Å². The zero-order valence-corrected chi connectivity index (χ0v) is 12.3. The molecule has 0 aromatic heterocycles. The summed E-state index contributed by atoms with van der Waals surface area (Å²) < 4.78 is 6.33. The van der Waals surface area contributed by atoms with Gasteiger partial charge in [-0.05, 0) is 18.2 Å². The third-order valence-corrected chi connectivity index (χ3v) is 2.82. The molecule has 0 atom stereocenters. The molecule has 4 nitrogen and oxygen atoms in total. The van der Waals surface area contributed by atoms with E-state index in [1.807, 2.05) is 18.2 Å². The SMILES string of the molecule is C=CCNC(=NC)NCc1cc(Br)ccc1OC. The first-order valence-corrected chi connectivity index (χ1v) is 6.38. The summed E-state index contributed by atoms with van der Waals surface area (Å²) in [6, 6.07) is 5.90. The van der Waals surface area contributed by atoms with Gasteiger partial charge < -0.3 is 15.4 Å². The zero-order chi connectivity index (χ0) is 13.4. The second-order valence-corrected chi connectivity index (χ2v) is 4.47. The van der Waals surface area contributed by atoms with Gasteiger partial charge in [0, 0.05) is 30.2 Å². The van der Waals surface area contributed by atoms with E-state index < -0.39 is 0 Å². The summed E-state index contributed by atoms with van der Waals surface area (Å²) >= 11 is 3.45. The number of nitrogens with one attached hydrogen (secondary N) is 2. The number of halogens is 1. The molecule has 0 aliphatic rings. The van der Waals surface area contributed by atoms with Crippen molar-refractivity contribution in [2.75, 3.05) is 20.7 Å². The van der Waals surface area contributed by atoms with Crippen LogP contribution in [0.4, 0.5) is 0 Å². The fraction of sp³-hybridized carbons (Fsp3) is 0.308. The first kappa shape index (κ1) is 14.6. The van der Waals surface area contributed by atoms with E-state index in [0.717, 1.165) is 21.7 Å². The fourth-order valence-corrected chi connectivity index (χ4v) is 1.86. The Balaban J connectivity index is 2.66. The van der Waals surface area contributed by atoms with Crippen molar-refractivity contribution < 1.29 is 4.74 Å². The summed E-state index contributed by atoms with van der Waals surface area (Å²) in [7, 11) is 3.40. The maximum Gasteiger partial charge on any atom is 0.191 e. The first-order valence-electron chi connectivity index (χ1n) is 5.59. The average molecular weight is 312 g/mol. The smallest absolute Gasteiger partial charge is 0.191 e. The molecule has 0 radical (unpaired) electrons. The van der Waals surface area contributed by atoms with Gasteiger partial charge in [-0.25, -0.2) is 0 Å². The summed E-state index contributed by atoms with van der Waals surface area (Å²) in [6.45, 7) is 4.97. The Morgan fingerprint density at radius 3 is 2.89 bits per heavy atom. The molecule has 98 valence electrons. The van der Waals surface area contributed by atoms with Gasteiger partial charge in [0.2, 0.25) is 0 Å². The van der Waals surface area contributed by atoms with Gasteiger partial charge in [0.15, 0.2) is 5.96 Å². The third-order valence-electron chi connectivity index (χ3n) is 2.33. The Morgan fingerprint density at radius 1 is 1.50 bits per heavy atom. The number of guanidine groups is 1. The second kappa shape index (κ2) is 7.76. The van der Waals surface area contributed by atoms with Crippen molar-refractivity contribution in [3.8, 4) is 5.75 Å². The van der Waals surface area contributed by atoms with E-state index in [9.17, 15) is 0 Å². The minimum Gasteiger partial charge on any atom is -0.496 e. The van der Waals surface area contributed by atoms with E-state index in [4.69, 9.17) is 4.74 Å². The molecule has 0 saturated carbocycles. The molecule has 0 aliphatic heterocycles. The molecule has 0 spiro atoms. The highest BCUT2D eigenvalue weighted by Crippen LogP contribution is 2.22. The van der Waals surface area contributed by atoms with Crippen molar-refractivity contribution in [1.82, 2.24) is 10.6 Å². The quantitative estimate of drug-likeness (QED) is 0.498. The fourth-order valence-electron chi connectivity index (χ4n) is 1.45. The zero-order valence-electron chi connectivity index (χ0n) is 10.7. The van der Waals surface area contributed by atoms with Crippen LogP contribution in [0.1, 0.15) is 5.56 Å². The molecule has 18 heavy (non-hydrogen) atoms. The van der Waals surface area contributed by atoms with Crippen molar-refractivity contribution >= 4 is 21.9 Å². The Morgan fingerprint density at radius 2 is 2.28 bits per heavy atom. The Kier molecular flexibility index (Phi) is 6.28. The lowest BCUT2D eigenvalue weighted by atomic mass is 10.2. The number of aliphatic imine (C=N–C) groups is 1. The van der Waals surface area contributed by atoms with Crippen LogP contribution in [-0.2, 0) is 6.54 Å². The van der Waals surface area contributed by atoms with Crippen molar-refractivity contribution in [3.05, 3.63) is 40.9 Å². The normalized spacial score (nSPS) is 10.9. The first-order chi connectivity index (χ1) is 8.71. The van der Waals surface area contributed by atoms with Crippen LogP contribution >= 0.6 is 15.9 Å². The van der Waals surface area contributed by atoms with E-state index in [1.54, 1.807) is 20.2 Å². The van der Waals surface area contributed by atoms with Crippen LogP contribution in [0.15, 0.2) is 40.3 Å². The number of rotatable bonds is 5. The highest BCUT2D eigenvalue weighted by atomic mass is 79.9. The van der Waals surface area contributed by atoms with E-state index in [1.165, 1.54) is 0 Å². The maximum absolute atomic E-state index is 5.31. The lowest BCUT2D eigenvalue weighted by Gasteiger charge is -2.13. The number of methoxy groups -OCH3 is 1. The van der Waals surface area contributed by atoms with E-state index in [2.05, 4.69) is 38.1 Å². The summed E-state index contributed by atoms with van der Waals surface area (Å²) in [5.74, 6) is 1.59. The van der Waals surface area contributed by atoms with Gasteiger partial charge in [-0.3, -0.25) is 4.99 Å². The minimum atomic E-state index is 0.638. The lowest BCUT2D eigenvalue weighted by Crippen LogP contribution is -2.36. The standard InChI is InChI=1S/C13H18BrN3O/c1-4-7-16-13(15-2)17-9-10-8-11(14)5-6-12(10)18-3/h4-6,8H,1,7,9H2,2-3H3,(H2,15,16,17). The predicted octanol–water partition coefficient (Wildman–Crippen LogP) is 2.31. The molecule has 5 heteroatoms. The monoisotopic (exact) mass is 311 g/mol. The average Bonchev–Trinajstić information content (AvgIpc) is 2.39. The van der Waals surface area contributed by atoms with Crippen LogP contribution in [0.5, 0.6) is 5.75 Å². The molecule has 2 N–H and O–H groups in total. The number of nitrogens with zero attached hydrogens (tertiary/aromatic N) is 1. The molecule has 0 heterocycles. The maximum atomic E-state index is 5.31. The minimum absolute atomic E-state index is 0.638. The molecular formula is C13H18BrN3O. The third kappa shape index (κ3) is 4.41. The molecule has 0 fully saturated rings. The molecular weight excluding hydrogens is 294 g/mol. The van der Waals surface area contributed by atoms with Crippen molar-refractivity contribution in [1.29, 1.82) is 0 Å². The highest BCUT2D eigenvalue weighted by molar-refractivity contribution is 9.10. The van der Waals surface area contributed by atoms with Crippen molar-refractivity contribution in [3.63, 3.8) is 0 Å². The van der Waals surface area contributed by atoms with Gasteiger partial charge in [-0.1, -0.05) is 22.0 Å². The topological polar surface area (TPSA) is 45.7 Å². The van der Waals surface area contributed by atoms with Crippen LogP contribution in [0.3, 0.4) is 0 Å². The molecule has 0 aliphatic carbocycles. The number of benzene rings is 1. The number of ether oxygens (including phenoxy) is 1. The molecule has 1 aromatic carbocycles. The lowest BCUT2D eigenvalue weighted by molar-refractivity contribution is 0.409. The molecule has 1 rings (SSSR count). The van der Waals surface area contributed by atoms with Gasteiger partial charge in [-0.2, -0.15) is 0 Å². The molecule has 0 unspecified atom stereocenters. The summed E-state index contributed by atoms with van der Waals surface area (Å²) in [4.78, 5) is 4.11. The summed E-state index contributed by atoms with van der Waals surface area (Å²) in [5, 5.41) is 6.32. The predicted molar refractivity (Wildman–Crippen MR) is 79.1 cm³/mol. The second-order valence-electron chi connectivity index (χ2n) is 3.55. The van der Waals surface area contributed by atoms with Gasteiger partial charge in [0.05, 0.1) is 7.11 Å². The van der Waals surface area contributed by atoms with E-state index >= 15 is 0 Å². The van der Waals surface area contributed by atoms with Crippen molar-refractivity contribution in [2.24, 2.45) is 4.99 Å². The largest absolute Gasteiger partial charge is 0.496 e. The highest BCUT2D eigenvalue weighted by Gasteiger charge is 2.04. The van der Waals surface area contributed by atoms with Gasteiger partial charge in [-0.15, -0.1) is 6.58 Å². The van der Waals surface area contributed by atoms with Gasteiger partial charge in [0.25, 0.3) is 0 Å². The number of hydrogen-bond donors (Lipinski definition) is 2. The van der Waals surface area contributed by atoms with Crippen LogP contribution in [-0.4, -0.2) is 26.7 Å². The van der Waals surface area contributed by atoms with Crippen LogP contribution in [0.2, 0.25) is 0 Å². The number of hydrogen-bond acceptors (Lipinski definition) is 2. The molecule has 0 amide bonds. The van der Waals surface area contributed by atoms with Gasteiger partial charge in [0.1, 0.15) is 5.75 Å². The van der Waals surface area contributed by atoms with Gasteiger partial charge >= 0.3 is 0 Å². The summed E-state index contributed by atoms with van der Waals surface area (Å²) in [5.41, 5.74) is 1.06. The Hall–Kier alpha value is -1.49. The molecule has 1 aromatic rings. The summed E-state index contributed by atoms with van der Waals surface area (Å²) in [6.07, 6.45) is 1.78. The van der Waals surface area contributed by atoms with Crippen LogP contribution < -0.4 is 15.4 Å². The van der Waals surface area contributed by atoms with Crippen molar-refractivity contribution in [2.45, 2.75) is 6.54 Å². The van der Waals surface area contributed by atoms with E-state index in [-0.39, 0.29) is 0 Å². The van der Waals surface area contributed by atoms with Crippen LogP contribution in [0, 0.1) is 0 Å². The molecule has 0 bridgehead atoms. The Labute approximate surface area is 116 Å². The Bertz CT molecular complexity index is 432. The molecule has 0 saturated heterocycles.